The lowest BCUT2D eigenvalue weighted by atomic mass is 10.1. The van der Waals surface area contributed by atoms with Crippen molar-refractivity contribution < 1.29 is 13.2 Å². The van der Waals surface area contributed by atoms with Crippen LogP contribution in [-0.2, 0) is 14.6 Å². The fourth-order valence-electron chi connectivity index (χ4n) is 1.42. The number of hydrogen-bond acceptors (Lipinski definition) is 4. The Morgan fingerprint density at radius 2 is 2.29 bits per heavy atom. The van der Waals surface area contributed by atoms with E-state index in [9.17, 15) is 13.2 Å². The molecule has 0 aromatic heterocycles. The van der Waals surface area contributed by atoms with Gasteiger partial charge in [0, 0.05) is 12.6 Å². The maximum Gasteiger partial charge on any atom is 0.224 e. The van der Waals surface area contributed by atoms with Gasteiger partial charge in [0.2, 0.25) is 5.91 Å². The van der Waals surface area contributed by atoms with Gasteiger partial charge in [-0.2, -0.15) is 0 Å². The maximum absolute atomic E-state index is 11.5. The van der Waals surface area contributed by atoms with E-state index >= 15 is 0 Å². The Morgan fingerprint density at radius 1 is 1.64 bits per heavy atom. The lowest BCUT2D eigenvalue weighted by molar-refractivity contribution is -0.124. The standard InChI is InChI=1S/C8H16N2O3S/c1-6(4-9)10-8(11)7-2-3-14(12,13)5-7/h6-7H,2-5,9H2,1H3,(H,10,11)/t6-,7?/m0/s1. The third-order valence-corrected chi connectivity index (χ3v) is 4.11. The summed E-state index contributed by atoms with van der Waals surface area (Å²) in [4.78, 5) is 11.5. The van der Waals surface area contributed by atoms with Crippen molar-refractivity contribution in [3.8, 4) is 0 Å². The Hall–Kier alpha value is -0.620. The molecule has 0 saturated carbocycles. The van der Waals surface area contributed by atoms with Gasteiger partial charge in [-0.05, 0) is 13.3 Å². The van der Waals surface area contributed by atoms with Crippen LogP contribution in [0.5, 0.6) is 0 Å². The Labute approximate surface area is 84.0 Å². The highest BCUT2D eigenvalue weighted by molar-refractivity contribution is 7.91. The maximum atomic E-state index is 11.5. The predicted molar refractivity (Wildman–Crippen MR) is 53.4 cm³/mol. The highest BCUT2D eigenvalue weighted by Crippen LogP contribution is 2.18. The molecule has 1 aliphatic rings. The molecule has 5 nitrogen and oxygen atoms in total. The van der Waals surface area contributed by atoms with Gasteiger partial charge >= 0.3 is 0 Å². The van der Waals surface area contributed by atoms with Crippen molar-refractivity contribution in [3.63, 3.8) is 0 Å². The second-order valence-corrected chi connectivity index (χ2v) is 5.97. The summed E-state index contributed by atoms with van der Waals surface area (Å²) < 4.78 is 22.2. The van der Waals surface area contributed by atoms with Crippen LogP contribution in [0, 0.1) is 5.92 Å². The first-order chi connectivity index (χ1) is 6.44. The zero-order valence-corrected chi connectivity index (χ0v) is 9.01. The number of nitrogens with one attached hydrogen (secondary N) is 1. The van der Waals surface area contributed by atoms with E-state index in [4.69, 9.17) is 5.73 Å². The number of amides is 1. The molecule has 1 aliphatic heterocycles. The second kappa shape index (κ2) is 4.27. The molecule has 14 heavy (non-hydrogen) atoms. The number of sulfone groups is 1. The molecule has 0 aromatic carbocycles. The molecule has 6 heteroatoms. The molecule has 1 saturated heterocycles. The topological polar surface area (TPSA) is 89.3 Å². The third kappa shape index (κ3) is 2.95. The van der Waals surface area contributed by atoms with Crippen molar-refractivity contribution in [2.45, 2.75) is 19.4 Å². The van der Waals surface area contributed by atoms with Gasteiger partial charge in [-0.1, -0.05) is 0 Å². The van der Waals surface area contributed by atoms with Crippen molar-refractivity contribution in [1.82, 2.24) is 5.32 Å². The van der Waals surface area contributed by atoms with E-state index in [0.717, 1.165) is 0 Å². The Morgan fingerprint density at radius 3 is 2.71 bits per heavy atom. The SMILES string of the molecule is C[C@@H](CN)NC(=O)C1CCS(=O)(=O)C1. The molecule has 0 radical (unpaired) electrons. The lowest BCUT2D eigenvalue weighted by Gasteiger charge is -2.14. The molecule has 0 spiro atoms. The van der Waals surface area contributed by atoms with Crippen molar-refractivity contribution >= 4 is 15.7 Å². The minimum Gasteiger partial charge on any atom is -0.352 e. The molecule has 0 bridgehead atoms. The number of rotatable bonds is 3. The smallest absolute Gasteiger partial charge is 0.224 e. The first-order valence-corrected chi connectivity index (χ1v) is 6.47. The molecule has 1 amide bonds. The minimum atomic E-state index is -2.98. The monoisotopic (exact) mass is 220 g/mol. The van der Waals surface area contributed by atoms with Gasteiger partial charge in [0.25, 0.3) is 0 Å². The van der Waals surface area contributed by atoms with Crippen LogP contribution in [0.25, 0.3) is 0 Å². The molecular weight excluding hydrogens is 204 g/mol. The predicted octanol–water partition coefficient (Wildman–Crippen LogP) is -1.12. The fourth-order valence-corrected chi connectivity index (χ4v) is 3.16. The summed E-state index contributed by atoms with van der Waals surface area (Å²) in [5.74, 6) is -0.462. The van der Waals surface area contributed by atoms with Crippen LogP contribution in [0.1, 0.15) is 13.3 Å². The normalized spacial score (nSPS) is 27.1. The zero-order valence-electron chi connectivity index (χ0n) is 8.19. The van der Waals surface area contributed by atoms with Crippen LogP contribution in [0.4, 0.5) is 0 Å². The average Bonchev–Trinajstić information content (AvgIpc) is 2.46. The van der Waals surface area contributed by atoms with E-state index in [1.165, 1.54) is 0 Å². The van der Waals surface area contributed by atoms with Crippen LogP contribution < -0.4 is 11.1 Å². The first-order valence-electron chi connectivity index (χ1n) is 4.65. The van der Waals surface area contributed by atoms with E-state index in [0.29, 0.717) is 13.0 Å². The van der Waals surface area contributed by atoms with Crippen LogP contribution in [0.2, 0.25) is 0 Å². The summed E-state index contributed by atoms with van der Waals surface area (Å²) in [5, 5.41) is 2.68. The number of carbonyl (C=O) groups excluding carboxylic acids is 1. The molecule has 1 heterocycles. The largest absolute Gasteiger partial charge is 0.352 e. The quantitative estimate of drug-likeness (QED) is 0.631. The Kier molecular flexibility index (Phi) is 3.49. The minimum absolute atomic E-state index is 0.0177. The van der Waals surface area contributed by atoms with Gasteiger partial charge in [-0.3, -0.25) is 4.79 Å². The number of hydrogen-bond donors (Lipinski definition) is 2. The Bertz CT molecular complexity index is 313. The second-order valence-electron chi connectivity index (χ2n) is 3.75. The molecular formula is C8H16N2O3S. The van der Waals surface area contributed by atoms with Crippen molar-refractivity contribution in [1.29, 1.82) is 0 Å². The zero-order chi connectivity index (χ0) is 10.8. The summed E-state index contributed by atoms with van der Waals surface area (Å²) in [6, 6.07) is -0.0918. The van der Waals surface area contributed by atoms with Gasteiger partial charge < -0.3 is 11.1 Å². The van der Waals surface area contributed by atoms with Gasteiger partial charge in [0.1, 0.15) is 0 Å². The van der Waals surface area contributed by atoms with E-state index < -0.39 is 9.84 Å². The molecule has 82 valence electrons. The van der Waals surface area contributed by atoms with Crippen LogP contribution in [-0.4, -0.2) is 38.4 Å². The van der Waals surface area contributed by atoms with E-state index in [2.05, 4.69) is 5.32 Å². The third-order valence-electron chi connectivity index (χ3n) is 2.35. The molecule has 3 N–H and O–H groups in total. The summed E-state index contributed by atoms with van der Waals surface area (Å²) in [5.41, 5.74) is 5.34. The van der Waals surface area contributed by atoms with Crippen molar-refractivity contribution in [3.05, 3.63) is 0 Å². The summed E-state index contributed by atoms with van der Waals surface area (Å²) in [7, 11) is -2.98. The number of nitrogens with two attached hydrogens (primary N) is 1. The van der Waals surface area contributed by atoms with E-state index in [1.807, 2.05) is 0 Å². The fraction of sp³-hybridized carbons (Fsp3) is 0.875. The van der Waals surface area contributed by atoms with Crippen LogP contribution in [0.3, 0.4) is 0 Å². The highest BCUT2D eigenvalue weighted by atomic mass is 32.2. The molecule has 0 aliphatic carbocycles. The molecule has 1 fully saturated rings. The number of carbonyl (C=O) groups is 1. The van der Waals surface area contributed by atoms with E-state index in [1.54, 1.807) is 6.92 Å². The lowest BCUT2D eigenvalue weighted by Crippen LogP contribution is -2.41. The molecule has 2 atom stereocenters. The average molecular weight is 220 g/mol. The van der Waals surface area contributed by atoms with Gasteiger partial charge in [0.05, 0.1) is 17.4 Å². The molecule has 0 aromatic rings. The Balaban J connectivity index is 2.48. The van der Waals surface area contributed by atoms with Gasteiger partial charge in [0.15, 0.2) is 9.84 Å². The van der Waals surface area contributed by atoms with Crippen molar-refractivity contribution in [2.75, 3.05) is 18.1 Å². The van der Waals surface area contributed by atoms with Gasteiger partial charge in [-0.15, -0.1) is 0 Å². The van der Waals surface area contributed by atoms with Crippen molar-refractivity contribution in [2.24, 2.45) is 11.7 Å². The summed E-state index contributed by atoms with van der Waals surface area (Å²) in [6.07, 6.45) is 0.436. The molecule has 1 rings (SSSR count). The van der Waals surface area contributed by atoms with Gasteiger partial charge in [-0.25, -0.2) is 8.42 Å². The van der Waals surface area contributed by atoms with E-state index in [-0.39, 0.29) is 29.4 Å². The van der Waals surface area contributed by atoms with Crippen LogP contribution >= 0.6 is 0 Å². The molecule has 1 unspecified atom stereocenters. The first kappa shape index (κ1) is 11.5. The van der Waals surface area contributed by atoms with Crippen LogP contribution in [0.15, 0.2) is 0 Å². The highest BCUT2D eigenvalue weighted by Gasteiger charge is 2.33. The summed E-state index contributed by atoms with van der Waals surface area (Å²) in [6.45, 7) is 2.16. The summed E-state index contributed by atoms with van der Waals surface area (Å²) >= 11 is 0.